The van der Waals surface area contributed by atoms with E-state index >= 15 is 0 Å². The Hall–Kier alpha value is 1.28. The topological polar surface area (TPSA) is 20.2 Å². The zero-order valence-corrected chi connectivity index (χ0v) is 10.8. The molecule has 0 bridgehead atoms. The van der Waals surface area contributed by atoms with Crippen LogP contribution in [0.2, 0.25) is 25.7 Å². The molecule has 0 aliphatic heterocycles. The minimum atomic E-state index is -0.889. The number of aliphatic hydroxyl groups is 1. The third-order valence-electron chi connectivity index (χ3n) is 1.75. The zero-order valence-electron chi connectivity index (χ0n) is 6.36. The van der Waals surface area contributed by atoms with Crippen molar-refractivity contribution in [2.75, 3.05) is 6.61 Å². The molecular weight excluding hydrogens is 223 g/mol. The van der Waals surface area contributed by atoms with Crippen LogP contribution in [0.1, 0.15) is 0 Å². The summed E-state index contributed by atoms with van der Waals surface area (Å²) in [5, 5.41) is 8.71. The number of hydrogen-bond donors (Lipinski definition) is 1. The van der Waals surface area contributed by atoms with Gasteiger partial charge >= 0.3 is 73.3 Å². The molecule has 50 valence electrons. The predicted octanol–water partition coefficient (Wildman–Crippen LogP) is 0.934. The second kappa shape index (κ2) is 4.22. The summed E-state index contributed by atoms with van der Waals surface area (Å²) < 4.78 is 0. The van der Waals surface area contributed by atoms with Crippen molar-refractivity contribution in [2.45, 2.75) is 25.7 Å². The summed E-state index contributed by atoms with van der Waals surface area (Å²) in [6.07, 6.45) is 0. The van der Waals surface area contributed by atoms with E-state index in [1.165, 1.54) is 0 Å². The molecule has 0 aromatic carbocycles. The SMILES string of the molecule is C[Si](=[Zr+2])[Si](C)(C)CCO. The van der Waals surface area contributed by atoms with Crippen LogP contribution < -0.4 is 0 Å². The third-order valence-corrected chi connectivity index (χ3v) is 27.1. The van der Waals surface area contributed by atoms with E-state index in [4.69, 9.17) is 5.11 Å². The summed E-state index contributed by atoms with van der Waals surface area (Å²) in [7, 11) is -0.889. The van der Waals surface area contributed by atoms with Gasteiger partial charge in [0, 0.05) is 0 Å². The van der Waals surface area contributed by atoms with Crippen molar-refractivity contribution < 1.29 is 28.4 Å². The minimum absolute atomic E-state index is 0.00455. The predicted molar refractivity (Wildman–Crippen MR) is 41.0 cm³/mol. The van der Waals surface area contributed by atoms with Crippen molar-refractivity contribution in [1.29, 1.82) is 0 Å². The first-order valence-corrected chi connectivity index (χ1v) is 13.1. The van der Waals surface area contributed by atoms with Crippen molar-refractivity contribution in [3.63, 3.8) is 0 Å². The van der Waals surface area contributed by atoms with Gasteiger partial charge in [-0.05, 0) is 0 Å². The summed E-state index contributed by atoms with van der Waals surface area (Å²) >= 11 is 1.73. The standard InChI is InChI=1S/C5H14OSi2.Zr/c1-7-8(2,3)5-4-6;/h6H,4-5H2,1-3H3;/q;+2. The molecule has 0 rings (SSSR count). The van der Waals surface area contributed by atoms with Crippen LogP contribution in [-0.4, -0.2) is 24.3 Å². The molecule has 0 atom stereocenters. The van der Waals surface area contributed by atoms with Crippen molar-refractivity contribution in [1.82, 2.24) is 0 Å². The van der Waals surface area contributed by atoms with E-state index in [1.54, 1.807) is 23.3 Å². The quantitative estimate of drug-likeness (QED) is 0.724. The first kappa shape index (κ1) is 10.3. The van der Waals surface area contributed by atoms with Crippen LogP contribution in [0.4, 0.5) is 0 Å². The van der Waals surface area contributed by atoms with Gasteiger partial charge in [-0.25, -0.2) is 0 Å². The van der Waals surface area contributed by atoms with Crippen molar-refractivity contribution in [3.05, 3.63) is 0 Å². The summed E-state index contributed by atoms with van der Waals surface area (Å²) in [5.41, 5.74) is 0. The van der Waals surface area contributed by atoms with Gasteiger partial charge in [0.1, 0.15) is 0 Å². The van der Waals surface area contributed by atoms with Crippen LogP contribution in [0.15, 0.2) is 0 Å². The van der Waals surface area contributed by atoms with E-state index in [9.17, 15) is 0 Å². The van der Waals surface area contributed by atoms with E-state index in [-0.39, 0.29) is 4.95 Å². The van der Waals surface area contributed by atoms with Crippen LogP contribution in [-0.2, 0) is 23.3 Å². The van der Waals surface area contributed by atoms with Gasteiger partial charge in [0.05, 0.1) is 0 Å². The Balaban J connectivity index is 3.85. The monoisotopic (exact) mass is 236 g/mol. The molecule has 0 aromatic heterocycles. The van der Waals surface area contributed by atoms with E-state index in [1.807, 2.05) is 0 Å². The Morgan fingerprint density at radius 2 is 2.00 bits per heavy atom. The second-order valence-electron chi connectivity index (χ2n) is 2.98. The summed E-state index contributed by atoms with van der Waals surface area (Å²) in [6, 6.07) is 1.11. The van der Waals surface area contributed by atoms with Gasteiger partial charge in [-0.2, -0.15) is 0 Å². The van der Waals surface area contributed by atoms with Crippen molar-refractivity contribution >= 4 is 12.5 Å². The molecule has 0 spiro atoms. The average molecular weight is 238 g/mol. The summed E-state index contributed by atoms with van der Waals surface area (Å²) in [6.45, 7) is 7.60. The first-order chi connectivity index (χ1) is 4.00. The van der Waals surface area contributed by atoms with Gasteiger partial charge in [-0.15, -0.1) is 0 Å². The van der Waals surface area contributed by atoms with Gasteiger partial charge in [-0.3, -0.25) is 0 Å². The van der Waals surface area contributed by atoms with Crippen LogP contribution in [0, 0.1) is 0 Å². The average Bonchev–Trinajstić information content (AvgIpc) is 1.65. The fourth-order valence-corrected chi connectivity index (χ4v) is 5.63. The molecule has 0 saturated heterocycles. The molecule has 0 saturated carbocycles. The van der Waals surface area contributed by atoms with Crippen LogP contribution in [0.3, 0.4) is 0 Å². The van der Waals surface area contributed by atoms with E-state index in [0.717, 1.165) is 6.04 Å². The fourth-order valence-electron chi connectivity index (χ4n) is 0.467. The molecule has 4 heteroatoms. The second-order valence-corrected chi connectivity index (χ2v) is 24.0. The van der Waals surface area contributed by atoms with E-state index < -0.39 is 7.59 Å². The molecule has 0 heterocycles. The Labute approximate surface area is 73.0 Å². The van der Waals surface area contributed by atoms with Crippen molar-refractivity contribution in [3.8, 4) is 0 Å². The number of aliphatic hydroxyl groups excluding tert-OH is 1. The van der Waals surface area contributed by atoms with Gasteiger partial charge in [0.15, 0.2) is 0 Å². The zero-order chi connectivity index (χ0) is 7.49. The van der Waals surface area contributed by atoms with Gasteiger partial charge in [0.2, 0.25) is 0 Å². The first-order valence-electron chi connectivity index (χ1n) is 3.17. The summed E-state index contributed by atoms with van der Waals surface area (Å²) in [4.78, 5) is -0.00455. The van der Waals surface area contributed by atoms with Gasteiger partial charge < -0.3 is 0 Å². The Kier molecular flexibility index (Phi) is 4.81. The maximum atomic E-state index is 8.71. The van der Waals surface area contributed by atoms with Crippen LogP contribution in [0.25, 0.3) is 0 Å². The van der Waals surface area contributed by atoms with Gasteiger partial charge in [-0.1, -0.05) is 0 Å². The number of rotatable bonds is 3. The molecule has 0 amide bonds. The fraction of sp³-hybridized carbons (Fsp3) is 1.00. The Bertz CT molecular complexity index is 114. The Morgan fingerprint density at radius 1 is 1.56 bits per heavy atom. The maximum absolute atomic E-state index is 8.71. The molecule has 9 heavy (non-hydrogen) atoms. The van der Waals surface area contributed by atoms with E-state index in [0.29, 0.717) is 6.61 Å². The van der Waals surface area contributed by atoms with Gasteiger partial charge in [0.25, 0.3) is 0 Å². The molecule has 0 unspecified atom stereocenters. The molecular formula is C5H14OSi2Zr+2. The molecule has 0 aliphatic rings. The molecule has 1 N–H and O–H groups in total. The van der Waals surface area contributed by atoms with Crippen molar-refractivity contribution in [2.24, 2.45) is 0 Å². The van der Waals surface area contributed by atoms with E-state index in [2.05, 4.69) is 19.6 Å². The van der Waals surface area contributed by atoms with Crippen LogP contribution in [0.5, 0.6) is 0 Å². The molecule has 0 radical (unpaired) electrons. The summed E-state index contributed by atoms with van der Waals surface area (Å²) in [5.74, 6) is 0. The van der Waals surface area contributed by atoms with Crippen LogP contribution >= 0.6 is 0 Å². The number of hydrogen-bond acceptors (Lipinski definition) is 1. The molecule has 0 fully saturated rings. The molecule has 0 aromatic rings. The normalized spacial score (nSPS) is 11.8. The molecule has 0 aliphatic carbocycles. The Morgan fingerprint density at radius 3 is 2.11 bits per heavy atom. The third kappa shape index (κ3) is 3.86. The molecule has 1 nitrogen and oxygen atoms in total.